The summed E-state index contributed by atoms with van der Waals surface area (Å²) in [6, 6.07) is 6.46. The molecule has 1 aromatic rings. The zero-order valence-electron chi connectivity index (χ0n) is 9.97. The molecule has 0 heterocycles. The first-order valence-electron chi connectivity index (χ1n) is 5.48. The van der Waals surface area contributed by atoms with Crippen molar-refractivity contribution < 1.29 is 19.4 Å². The van der Waals surface area contributed by atoms with E-state index in [-0.39, 0.29) is 11.5 Å². The van der Waals surface area contributed by atoms with Gasteiger partial charge in [-0.05, 0) is 37.6 Å². The summed E-state index contributed by atoms with van der Waals surface area (Å²) in [5.41, 5.74) is 0.763. The van der Waals surface area contributed by atoms with Crippen molar-refractivity contribution in [1.29, 1.82) is 0 Å². The highest BCUT2D eigenvalue weighted by Crippen LogP contribution is 2.14. The Morgan fingerprint density at radius 1 is 1.18 bits per heavy atom. The second-order valence-electron chi connectivity index (χ2n) is 3.25. The van der Waals surface area contributed by atoms with Crippen LogP contribution < -0.4 is 0 Å². The molecule has 1 rings (SSSR count). The van der Waals surface area contributed by atoms with E-state index < -0.39 is 5.97 Å². The number of esters is 1. The standard InChI is InChI=1S/C13H16O4/c1-3-16-12(13(15)17-4-2)9-10-5-7-11(14)8-6-10/h5-9,14H,3-4H2,1-2H3/b12-9-. The van der Waals surface area contributed by atoms with Gasteiger partial charge < -0.3 is 14.6 Å². The van der Waals surface area contributed by atoms with E-state index in [1.165, 1.54) is 0 Å². The molecule has 0 fully saturated rings. The van der Waals surface area contributed by atoms with Crippen LogP contribution in [0, 0.1) is 0 Å². The molecule has 0 aliphatic heterocycles. The minimum absolute atomic E-state index is 0.167. The van der Waals surface area contributed by atoms with E-state index in [2.05, 4.69) is 0 Å². The number of aromatic hydroxyl groups is 1. The highest BCUT2D eigenvalue weighted by Gasteiger charge is 2.11. The van der Waals surface area contributed by atoms with E-state index >= 15 is 0 Å². The average Bonchev–Trinajstić information content (AvgIpc) is 2.31. The average molecular weight is 236 g/mol. The van der Waals surface area contributed by atoms with Gasteiger partial charge in [0.15, 0.2) is 0 Å². The molecule has 0 aliphatic rings. The van der Waals surface area contributed by atoms with Crippen molar-refractivity contribution in [3.05, 3.63) is 35.6 Å². The van der Waals surface area contributed by atoms with Crippen LogP contribution in [0.2, 0.25) is 0 Å². The molecule has 0 aliphatic carbocycles. The lowest BCUT2D eigenvalue weighted by Crippen LogP contribution is -2.10. The van der Waals surface area contributed by atoms with E-state index in [9.17, 15) is 4.79 Å². The number of hydrogen-bond donors (Lipinski definition) is 1. The van der Waals surface area contributed by atoms with Gasteiger partial charge in [0.05, 0.1) is 13.2 Å². The Bertz CT molecular complexity index is 392. The molecule has 92 valence electrons. The fraction of sp³-hybridized carbons (Fsp3) is 0.308. The lowest BCUT2D eigenvalue weighted by Gasteiger charge is -2.07. The molecule has 0 saturated heterocycles. The second-order valence-corrected chi connectivity index (χ2v) is 3.25. The van der Waals surface area contributed by atoms with Crippen molar-refractivity contribution in [2.75, 3.05) is 13.2 Å². The zero-order valence-corrected chi connectivity index (χ0v) is 9.97. The van der Waals surface area contributed by atoms with Crippen molar-refractivity contribution in [2.45, 2.75) is 13.8 Å². The number of ether oxygens (including phenoxy) is 2. The Balaban J connectivity index is 2.89. The molecular formula is C13H16O4. The summed E-state index contributed by atoms with van der Waals surface area (Å²) >= 11 is 0. The van der Waals surface area contributed by atoms with E-state index in [4.69, 9.17) is 14.6 Å². The number of hydrogen-bond acceptors (Lipinski definition) is 4. The van der Waals surface area contributed by atoms with E-state index in [0.29, 0.717) is 13.2 Å². The van der Waals surface area contributed by atoms with Gasteiger partial charge >= 0.3 is 5.97 Å². The lowest BCUT2D eigenvalue weighted by atomic mass is 10.2. The minimum atomic E-state index is -0.484. The van der Waals surface area contributed by atoms with Gasteiger partial charge in [-0.15, -0.1) is 0 Å². The molecule has 4 nitrogen and oxygen atoms in total. The van der Waals surface area contributed by atoms with Gasteiger partial charge in [0.1, 0.15) is 5.75 Å². The topological polar surface area (TPSA) is 55.8 Å². The van der Waals surface area contributed by atoms with Crippen LogP contribution in [0.25, 0.3) is 6.08 Å². The third kappa shape index (κ3) is 4.18. The summed E-state index contributed by atoms with van der Waals surface area (Å²) in [6.07, 6.45) is 1.58. The first kappa shape index (κ1) is 13.1. The van der Waals surface area contributed by atoms with Crippen LogP contribution in [-0.4, -0.2) is 24.3 Å². The number of carbonyl (C=O) groups is 1. The summed E-state index contributed by atoms with van der Waals surface area (Å²) < 4.78 is 10.1. The van der Waals surface area contributed by atoms with Crippen LogP contribution in [-0.2, 0) is 14.3 Å². The third-order valence-corrected chi connectivity index (χ3v) is 1.97. The molecule has 0 unspecified atom stereocenters. The Hall–Kier alpha value is -1.97. The van der Waals surface area contributed by atoms with Crippen LogP contribution in [0.5, 0.6) is 5.75 Å². The monoisotopic (exact) mass is 236 g/mol. The normalized spacial score (nSPS) is 11.1. The van der Waals surface area contributed by atoms with Crippen LogP contribution in [0.3, 0.4) is 0 Å². The lowest BCUT2D eigenvalue weighted by molar-refractivity contribution is -0.142. The predicted molar refractivity (Wildman–Crippen MR) is 64.3 cm³/mol. The molecule has 17 heavy (non-hydrogen) atoms. The number of rotatable bonds is 5. The maximum Gasteiger partial charge on any atom is 0.373 e. The third-order valence-electron chi connectivity index (χ3n) is 1.97. The van der Waals surface area contributed by atoms with Gasteiger partial charge in [-0.1, -0.05) is 12.1 Å². The Morgan fingerprint density at radius 2 is 1.76 bits per heavy atom. The first-order valence-corrected chi connectivity index (χ1v) is 5.48. The molecule has 0 radical (unpaired) electrons. The number of benzene rings is 1. The molecule has 0 spiro atoms. The Labute approximate surface area is 100 Å². The van der Waals surface area contributed by atoms with Gasteiger partial charge in [0.25, 0.3) is 0 Å². The fourth-order valence-corrected chi connectivity index (χ4v) is 1.24. The Morgan fingerprint density at radius 3 is 2.29 bits per heavy atom. The molecule has 1 N–H and O–H groups in total. The highest BCUT2D eigenvalue weighted by molar-refractivity contribution is 5.91. The van der Waals surface area contributed by atoms with E-state index in [0.717, 1.165) is 5.56 Å². The van der Waals surface area contributed by atoms with Crippen molar-refractivity contribution in [1.82, 2.24) is 0 Å². The maximum atomic E-state index is 11.5. The fourth-order valence-electron chi connectivity index (χ4n) is 1.24. The molecule has 4 heteroatoms. The zero-order chi connectivity index (χ0) is 12.7. The van der Waals surface area contributed by atoms with Crippen LogP contribution in [0.15, 0.2) is 30.0 Å². The van der Waals surface area contributed by atoms with Gasteiger partial charge in [-0.2, -0.15) is 0 Å². The first-order chi connectivity index (χ1) is 8.17. The summed E-state index contributed by atoms with van der Waals surface area (Å²) in [5.74, 6) is -0.140. The Kier molecular flexibility index (Phi) is 5.07. The van der Waals surface area contributed by atoms with E-state index in [1.807, 2.05) is 0 Å². The number of phenols is 1. The molecule has 0 amide bonds. The largest absolute Gasteiger partial charge is 0.508 e. The van der Waals surface area contributed by atoms with Gasteiger partial charge in [-0.3, -0.25) is 0 Å². The summed E-state index contributed by atoms with van der Waals surface area (Å²) in [4.78, 5) is 11.5. The minimum Gasteiger partial charge on any atom is -0.508 e. The molecule has 0 saturated carbocycles. The maximum absolute atomic E-state index is 11.5. The molecule has 0 bridgehead atoms. The van der Waals surface area contributed by atoms with Crippen LogP contribution in [0.4, 0.5) is 0 Å². The van der Waals surface area contributed by atoms with Gasteiger partial charge in [-0.25, -0.2) is 4.79 Å². The molecule has 0 atom stereocenters. The second kappa shape index (κ2) is 6.58. The molecule has 1 aromatic carbocycles. The quantitative estimate of drug-likeness (QED) is 0.484. The van der Waals surface area contributed by atoms with Crippen LogP contribution >= 0.6 is 0 Å². The summed E-state index contributed by atoms with van der Waals surface area (Å²) in [6.45, 7) is 4.23. The summed E-state index contributed by atoms with van der Waals surface area (Å²) in [7, 11) is 0. The highest BCUT2D eigenvalue weighted by atomic mass is 16.6. The van der Waals surface area contributed by atoms with Gasteiger partial charge in [0, 0.05) is 0 Å². The van der Waals surface area contributed by atoms with Crippen molar-refractivity contribution >= 4 is 12.0 Å². The number of phenolic OH excluding ortho intramolecular Hbond substituents is 1. The van der Waals surface area contributed by atoms with E-state index in [1.54, 1.807) is 44.2 Å². The van der Waals surface area contributed by atoms with Gasteiger partial charge in [0.2, 0.25) is 5.76 Å². The smallest absolute Gasteiger partial charge is 0.373 e. The van der Waals surface area contributed by atoms with Crippen molar-refractivity contribution in [2.24, 2.45) is 0 Å². The van der Waals surface area contributed by atoms with Crippen molar-refractivity contribution in [3.8, 4) is 5.75 Å². The summed E-state index contributed by atoms with van der Waals surface area (Å²) in [5, 5.41) is 9.14. The molecule has 0 aromatic heterocycles. The van der Waals surface area contributed by atoms with Crippen LogP contribution in [0.1, 0.15) is 19.4 Å². The van der Waals surface area contributed by atoms with Crippen molar-refractivity contribution in [3.63, 3.8) is 0 Å². The molecular weight excluding hydrogens is 220 g/mol. The predicted octanol–water partition coefficient (Wildman–Crippen LogP) is 2.33. The number of carbonyl (C=O) groups excluding carboxylic acids is 1. The SMILES string of the molecule is CCOC(=O)/C(=C/c1ccc(O)cc1)OCC.